The first kappa shape index (κ1) is 12.5. The van der Waals surface area contributed by atoms with Gasteiger partial charge in [0.25, 0.3) is 0 Å². The summed E-state index contributed by atoms with van der Waals surface area (Å²) in [5.74, 6) is -1.63. The second-order valence-electron chi connectivity index (χ2n) is 3.20. The lowest BCUT2D eigenvalue weighted by Crippen LogP contribution is -2.17. The van der Waals surface area contributed by atoms with Crippen molar-refractivity contribution in [3.05, 3.63) is 35.4 Å². The number of rotatable bonds is 3. The zero-order valence-corrected chi connectivity index (χ0v) is 7.96. The molecular formula is C10H8F4O2. The number of carbonyl (C=O) groups is 1. The normalized spacial score (nSPS) is 13.5. The standard InChI is InChI=1S/C10H8F4O2/c11-8(9(15)16)5-6-1-3-7(4-2-6)10(12,13)14/h1-4,8H,5H2,(H,15,16). The molecule has 0 radical (unpaired) electrons. The van der Waals surface area contributed by atoms with Crippen LogP contribution in [0.15, 0.2) is 24.3 Å². The van der Waals surface area contributed by atoms with E-state index in [1.54, 1.807) is 0 Å². The van der Waals surface area contributed by atoms with Crippen molar-refractivity contribution in [2.45, 2.75) is 18.8 Å². The lowest BCUT2D eigenvalue weighted by molar-refractivity contribution is -0.142. The third kappa shape index (κ3) is 3.22. The molecule has 0 aliphatic heterocycles. The van der Waals surface area contributed by atoms with E-state index >= 15 is 0 Å². The number of hydrogen-bond acceptors (Lipinski definition) is 1. The van der Waals surface area contributed by atoms with Crippen LogP contribution in [0.5, 0.6) is 0 Å². The van der Waals surface area contributed by atoms with Crippen molar-refractivity contribution in [3.8, 4) is 0 Å². The monoisotopic (exact) mass is 236 g/mol. The van der Waals surface area contributed by atoms with Gasteiger partial charge in [-0.1, -0.05) is 12.1 Å². The largest absolute Gasteiger partial charge is 0.479 e. The molecule has 1 N–H and O–H groups in total. The van der Waals surface area contributed by atoms with Crippen LogP contribution in [0.4, 0.5) is 17.6 Å². The van der Waals surface area contributed by atoms with Gasteiger partial charge in [-0.3, -0.25) is 0 Å². The van der Waals surface area contributed by atoms with Gasteiger partial charge in [-0.05, 0) is 17.7 Å². The van der Waals surface area contributed by atoms with Crippen molar-refractivity contribution in [1.29, 1.82) is 0 Å². The second kappa shape index (κ2) is 4.51. The number of carboxylic acid groups (broad SMARTS) is 1. The van der Waals surface area contributed by atoms with Crippen LogP contribution >= 0.6 is 0 Å². The molecule has 0 amide bonds. The molecule has 6 heteroatoms. The van der Waals surface area contributed by atoms with Crippen LogP contribution in [0, 0.1) is 0 Å². The van der Waals surface area contributed by atoms with E-state index in [0.717, 1.165) is 24.3 Å². The maximum Gasteiger partial charge on any atom is 0.416 e. The molecule has 0 aromatic heterocycles. The fourth-order valence-corrected chi connectivity index (χ4v) is 1.12. The minimum atomic E-state index is -4.44. The van der Waals surface area contributed by atoms with Gasteiger partial charge in [-0.25, -0.2) is 9.18 Å². The Morgan fingerprint density at radius 2 is 1.75 bits per heavy atom. The molecular weight excluding hydrogens is 228 g/mol. The number of halogens is 4. The summed E-state index contributed by atoms with van der Waals surface area (Å²) in [6, 6.07) is 3.73. The van der Waals surface area contributed by atoms with Crippen LogP contribution in [0.3, 0.4) is 0 Å². The van der Waals surface area contributed by atoms with Crippen LogP contribution in [0.25, 0.3) is 0 Å². The van der Waals surface area contributed by atoms with Gasteiger partial charge in [0.1, 0.15) is 0 Å². The Balaban J connectivity index is 2.76. The first-order valence-corrected chi connectivity index (χ1v) is 4.33. The Hall–Kier alpha value is -1.59. The molecule has 0 spiro atoms. The SMILES string of the molecule is O=C(O)C(F)Cc1ccc(C(F)(F)F)cc1. The van der Waals surface area contributed by atoms with Crippen molar-refractivity contribution in [3.63, 3.8) is 0 Å². The zero-order chi connectivity index (χ0) is 12.3. The number of benzene rings is 1. The van der Waals surface area contributed by atoms with Crippen molar-refractivity contribution < 1.29 is 27.5 Å². The Kier molecular flexibility index (Phi) is 3.51. The lowest BCUT2D eigenvalue weighted by Gasteiger charge is -2.08. The van der Waals surface area contributed by atoms with Gasteiger partial charge >= 0.3 is 12.1 Å². The molecule has 1 aromatic rings. The summed E-state index contributed by atoms with van der Waals surface area (Å²) in [5.41, 5.74) is -0.634. The summed E-state index contributed by atoms with van der Waals surface area (Å²) in [5, 5.41) is 8.27. The summed E-state index contributed by atoms with van der Waals surface area (Å²) in [4.78, 5) is 10.2. The van der Waals surface area contributed by atoms with Gasteiger partial charge in [0.15, 0.2) is 0 Å². The summed E-state index contributed by atoms with van der Waals surface area (Å²) >= 11 is 0. The fraction of sp³-hybridized carbons (Fsp3) is 0.300. The van der Waals surface area contributed by atoms with E-state index in [2.05, 4.69) is 0 Å². The molecule has 2 nitrogen and oxygen atoms in total. The highest BCUT2D eigenvalue weighted by atomic mass is 19.4. The van der Waals surface area contributed by atoms with Crippen LogP contribution < -0.4 is 0 Å². The molecule has 1 rings (SSSR count). The second-order valence-corrected chi connectivity index (χ2v) is 3.20. The van der Waals surface area contributed by atoms with Crippen LogP contribution in [-0.2, 0) is 17.4 Å². The third-order valence-electron chi connectivity index (χ3n) is 1.96. The molecule has 0 saturated carbocycles. The molecule has 0 bridgehead atoms. The fourth-order valence-electron chi connectivity index (χ4n) is 1.12. The van der Waals surface area contributed by atoms with Gasteiger partial charge in [-0.2, -0.15) is 13.2 Å². The van der Waals surface area contributed by atoms with Gasteiger partial charge in [0.05, 0.1) is 5.56 Å². The molecule has 88 valence electrons. The highest BCUT2D eigenvalue weighted by molar-refractivity contribution is 5.72. The summed E-state index contributed by atoms with van der Waals surface area (Å²) in [6.07, 6.45) is -6.98. The number of aliphatic carboxylic acids is 1. The molecule has 0 saturated heterocycles. The number of hydrogen-bond donors (Lipinski definition) is 1. The molecule has 0 aliphatic carbocycles. The first-order valence-electron chi connectivity index (χ1n) is 4.33. The van der Waals surface area contributed by atoms with E-state index in [4.69, 9.17) is 5.11 Å². The molecule has 0 fully saturated rings. The number of alkyl halides is 4. The van der Waals surface area contributed by atoms with Crippen molar-refractivity contribution in [1.82, 2.24) is 0 Å². The molecule has 0 aliphatic rings. The van der Waals surface area contributed by atoms with E-state index in [1.165, 1.54) is 0 Å². The Bertz CT molecular complexity index is 369. The first-order chi connectivity index (χ1) is 7.30. The van der Waals surface area contributed by atoms with E-state index in [-0.39, 0.29) is 5.56 Å². The molecule has 0 heterocycles. The van der Waals surface area contributed by atoms with Gasteiger partial charge in [0, 0.05) is 6.42 Å². The Labute approximate surface area is 88.5 Å². The van der Waals surface area contributed by atoms with Gasteiger partial charge < -0.3 is 5.11 Å². The molecule has 1 atom stereocenters. The zero-order valence-electron chi connectivity index (χ0n) is 7.96. The Morgan fingerprint density at radius 1 is 1.25 bits per heavy atom. The van der Waals surface area contributed by atoms with E-state index in [1.807, 2.05) is 0 Å². The summed E-state index contributed by atoms with van der Waals surface area (Å²) in [6.45, 7) is 0. The van der Waals surface area contributed by atoms with E-state index in [0.29, 0.717) is 0 Å². The van der Waals surface area contributed by atoms with Crippen molar-refractivity contribution >= 4 is 5.97 Å². The van der Waals surface area contributed by atoms with Gasteiger partial charge in [-0.15, -0.1) is 0 Å². The van der Waals surface area contributed by atoms with Crippen molar-refractivity contribution in [2.24, 2.45) is 0 Å². The lowest BCUT2D eigenvalue weighted by atomic mass is 10.1. The highest BCUT2D eigenvalue weighted by Crippen LogP contribution is 2.29. The van der Waals surface area contributed by atoms with Crippen molar-refractivity contribution in [2.75, 3.05) is 0 Å². The third-order valence-corrected chi connectivity index (χ3v) is 1.96. The van der Waals surface area contributed by atoms with Crippen LogP contribution in [-0.4, -0.2) is 17.2 Å². The average molecular weight is 236 g/mol. The molecule has 16 heavy (non-hydrogen) atoms. The predicted molar refractivity (Wildman–Crippen MR) is 47.7 cm³/mol. The minimum absolute atomic E-state index is 0.211. The van der Waals surface area contributed by atoms with E-state index < -0.39 is 30.3 Å². The van der Waals surface area contributed by atoms with Crippen LogP contribution in [0.1, 0.15) is 11.1 Å². The maximum atomic E-state index is 12.7. The Morgan fingerprint density at radius 3 is 2.12 bits per heavy atom. The predicted octanol–water partition coefficient (Wildman–Crippen LogP) is 2.67. The topological polar surface area (TPSA) is 37.3 Å². The maximum absolute atomic E-state index is 12.7. The van der Waals surface area contributed by atoms with Gasteiger partial charge in [0.2, 0.25) is 6.17 Å². The molecule has 1 unspecified atom stereocenters. The quantitative estimate of drug-likeness (QED) is 0.819. The summed E-state index contributed by atoms with van der Waals surface area (Å²) in [7, 11) is 0. The highest BCUT2D eigenvalue weighted by Gasteiger charge is 2.30. The summed E-state index contributed by atoms with van der Waals surface area (Å²) < 4.78 is 49.2. The minimum Gasteiger partial charge on any atom is -0.479 e. The molecule has 1 aromatic carbocycles. The van der Waals surface area contributed by atoms with E-state index in [9.17, 15) is 22.4 Å². The smallest absolute Gasteiger partial charge is 0.416 e. The van der Waals surface area contributed by atoms with Crippen LogP contribution in [0.2, 0.25) is 0 Å². The number of carboxylic acids is 1. The average Bonchev–Trinajstić information content (AvgIpc) is 2.17.